The van der Waals surface area contributed by atoms with Crippen LogP contribution in [0.15, 0.2) is 24.3 Å². The van der Waals surface area contributed by atoms with E-state index in [2.05, 4.69) is 38.1 Å². The van der Waals surface area contributed by atoms with Gasteiger partial charge in [0.05, 0.1) is 0 Å². The minimum absolute atomic E-state index is 0.824. The van der Waals surface area contributed by atoms with Crippen LogP contribution < -0.4 is 0 Å². The summed E-state index contributed by atoms with van der Waals surface area (Å²) < 4.78 is 0. The topological polar surface area (TPSA) is 0 Å². The molecule has 76 valence electrons. The van der Waals surface area contributed by atoms with Crippen molar-refractivity contribution in [2.45, 2.75) is 45.4 Å². The molecular formula is C14H20. The van der Waals surface area contributed by atoms with E-state index in [1.165, 1.54) is 31.2 Å². The first kappa shape index (κ1) is 9.76. The van der Waals surface area contributed by atoms with Gasteiger partial charge in [-0.2, -0.15) is 0 Å². The van der Waals surface area contributed by atoms with E-state index >= 15 is 0 Å². The summed E-state index contributed by atoms with van der Waals surface area (Å²) in [6.45, 7) is 4.66. The first-order valence-corrected chi connectivity index (χ1v) is 5.84. The summed E-state index contributed by atoms with van der Waals surface area (Å²) in [5.41, 5.74) is 3.07. The molecular weight excluding hydrogens is 168 g/mol. The molecule has 0 spiro atoms. The Kier molecular flexibility index (Phi) is 2.90. The molecule has 0 nitrogen and oxygen atoms in total. The Morgan fingerprint density at radius 2 is 1.79 bits per heavy atom. The Balaban J connectivity index is 2.25. The summed E-state index contributed by atoms with van der Waals surface area (Å²) in [6, 6.07) is 8.90. The largest absolute Gasteiger partial charge is 0.0620 e. The van der Waals surface area contributed by atoms with Crippen LogP contribution in [0.3, 0.4) is 0 Å². The van der Waals surface area contributed by atoms with E-state index < -0.39 is 0 Å². The Morgan fingerprint density at radius 1 is 1.07 bits per heavy atom. The molecule has 0 saturated heterocycles. The fourth-order valence-corrected chi connectivity index (χ4v) is 2.78. The van der Waals surface area contributed by atoms with E-state index in [4.69, 9.17) is 0 Å². The third kappa shape index (κ3) is 1.84. The molecule has 0 amide bonds. The minimum Gasteiger partial charge on any atom is -0.0620 e. The second kappa shape index (κ2) is 4.16. The maximum atomic E-state index is 2.41. The molecule has 0 heterocycles. The van der Waals surface area contributed by atoms with Crippen LogP contribution in [0.1, 0.15) is 49.7 Å². The Bertz CT molecular complexity index is 301. The molecule has 14 heavy (non-hydrogen) atoms. The Morgan fingerprint density at radius 3 is 2.50 bits per heavy atom. The van der Waals surface area contributed by atoms with Crippen LogP contribution in [-0.2, 0) is 0 Å². The van der Waals surface area contributed by atoms with E-state index in [1.54, 1.807) is 5.56 Å². The smallest absolute Gasteiger partial charge is 0.0134 e. The molecule has 0 bridgehead atoms. The van der Waals surface area contributed by atoms with Gasteiger partial charge in [-0.25, -0.2) is 0 Å². The zero-order valence-electron chi connectivity index (χ0n) is 9.29. The molecule has 1 saturated carbocycles. The molecule has 0 aromatic heterocycles. The van der Waals surface area contributed by atoms with Crippen molar-refractivity contribution in [2.75, 3.05) is 0 Å². The van der Waals surface area contributed by atoms with Gasteiger partial charge in [0.25, 0.3) is 0 Å². The van der Waals surface area contributed by atoms with Crippen LogP contribution in [-0.4, -0.2) is 0 Å². The van der Waals surface area contributed by atoms with E-state index in [-0.39, 0.29) is 0 Å². The molecule has 0 N–H and O–H groups in total. The molecule has 0 heteroatoms. The number of rotatable bonds is 1. The van der Waals surface area contributed by atoms with Crippen molar-refractivity contribution in [3.05, 3.63) is 35.4 Å². The van der Waals surface area contributed by atoms with Crippen LogP contribution >= 0.6 is 0 Å². The lowest BCUT2D eigenvalue weighted by Gasteiger charge is -2.30. The quantitative estimate of drug-likeness (QED) is 0.616. The zero-order chi connectivity index (χ0) is 9.97. The number of benzene rings is 1. The SMILES string of the molecule is Cc1ccccc1C1CCCC[C@H]1C. The lowest BCUT2D eigenvalue weighted by Crippen LogP contribution is -2.15. The normalized spacial score (nSPS) is 27.6. The third-order valence-electron chi connectivity index (χ3n) is 3.70. The summed E-state index contributed by atoms with van der Waals surface area (Å²) in [5, 5.41) is 0. The van der Waals surface area contributed by atoms with Crippen LogP contribution in [0.4, 0.5) is 0 Å². The van der Waals surface area contributed by atoms with Crippen molar-refractivity contribution in [1.29, 1.82) is 0 Å². The van der Waals surface area contributed by atoms with Gasteiger partial charge in [0, 0.05) is 0 Å². The highest BCUT2D eigenvalue weighted by atomic mass is 14.3. The molecule has 2 atom stereocenters. The van der Waals surface area contributed by atoms with Gasteiger partial charge in [-0.1, -0.05) is 50.5 Å². The molecule has 1 aromatic carbocycles. The van der Waals surface area contributed by atoms with Crippen molar-refractivity contribution < 1.29 is 0 Å². The van der Waals surface area contributed by atoms with Gasteiger partial charge in [-0.3, -0.25) is 0 Å². The third-order valence-corrected chi connectivity index (χ3v) is 3.70. The molecule has 1 aromatic rings. The van der Waals surface area contributed by atoms with Crippen molar-refractivity contribution >= 4 is 0 Å². The van der Waals surface area contributed by atoms with Gasteiger partial charge in [0.15, 0.2) is 0 Å². The van der Waals surface area contributed by atoms with Gasteiger partial charge >= 0.3 is 0 Å². The van der Waals surface area contributed by atoms with Crippen LogP contribution in [0.25, 0.3) is 0 Å². The first-order chi connectivity index (χ1) is 6.79. The maximum absolute atomic E-state index is 2.41. The summed E-state index contributed by atoms with van der Waals surface area (Å²) >= 11 is 0. The van der Waals surface area contributed by atoms with E-state index in [0.717, 1.165) is 11.8 Å². The fraction of sp³-hybridized carbons (Fsp3) is 0.571. The van der Waals surface area contributed by atoms with Gasteiger partial charge < -0.3 is 0 Å². The summed E-state index contributed by atoms with van der Waals surface area (Å²) in [5.74, 6) is 1.70. The standard InChI is InChI=1S/C14H20/c1-11-7-3-5-9-13(11)14-10-6-4-8-12(14)2/h3,5,7,9,12,14H,4,6,8,10H2,1-2H3/t12-,14?/m1/s1. The van der Waals surface area contributed by atoms with Crippen LogP contribution in [0, 0.1) is 12.8 Å². The van der Waals surface area contributed by atoms with Crippen molar-refractivity contribution in [1.82, 2.24) is 0 Å². The molecule has 1 unspecified atom stereocenters. The lowest BCUT2D eigenvalue weighted by atomic mass is 9.75. The Labute approximate surface area is 87.3 Å². The zero-order valence-corrected chi connectivity index (χ0v) is 9.29. The Hall–Kier alpha value is -0.780. The summed E-state index contributed by atoms with van der Waals surface area (Å²) in [7, 11) is 0. The highest BCUT2D eigenvalue weighted by molar-refractivity contribution is 5.29. The lowest BCUT2D eigenvalue weighted by molar-refractivity contribution is 0.330. The average molecular weight is 188 g/mol. The van der Waals surface area contributed by atoms with E-state index in [1.807, 2.05) is 0 Å². The van der Waals surface area contributed by atoms with Crippen molar-refractivity contribution in [3.63, 3.8) is 0 Å². The van der Waals surface area contributed by atoms with E-state index in [9.17, 15) is 0 Å². The average Bonchev–Trinajstić information content (AvgIpc) is 2.20. The fourth-order valence-electron chi connectivity index (χ4n) is 2.78. The van der Waals surface area contributed by atoms with Crippen LogP contribution in [0.5, 0.6) is 0 Å². The van der Waals surface area contributed by atoms with Gasteiger partial charge in [-0.15, -0.1) is 0 Å². The van der Waals surface area contributed by atoms with Crippen LogP contribution in [0.2, 0.25) is 0 Å². The van der Waals surface area contributed by atoms with Gasteiger partial charge in [0.2, 0.25) is 0 Å². The predicted molar refractivity (Wildman–Crippen MR) is 61.6 cm³/mol. The molecule has 0 aliphatic heterocycles. The number of hydrogen-bond acceptors (Lipinski definition) is 0. The molecule has 1 aliphatic rings. The maximum Gasteiger partial charge on any atom is -0.0134 e. The highest BCUT2D eigenvalue weighted by Gasteiger charge is 2.23. The number of hydrogen-bond donors (Lipinski definition) is 0. The molecule has 0 radical (unpaired) electrons. The highest BCUT2D eigenvalue weighted by Crippen LogP contribution is 2.38. The van der Waals surface area contributed by atoms with Gasteiger partial charge in [-0.05, 0) is 36.3 Å². The van der Waals surface area contributed by atoms with Gasteiger partial charge in [0.1, 0.15) is 0 Å². The summed E-state index contributed by atoms with van der Waals surface area (Å²) in [6.07, 6.45) is 5.66. The van der Waals surface area contributed by atoms with E-state index in [0.29, 0.717) is 0 Å². The molecule has 2 rings (SSSR count). The minimum atomic E-state index is 0.824. The second-order valence-electron chi connectivity index (χ2n) is 4.72. The van der Waals surface area contributed by atoms with Crippen molar-refractivity contribution in [3.8, 4) is 0 Å². The summed E-state index contributed by atoms with van der Waals surface area (Å²) in [4.78, 5) is 0. The monoisotopic (exact) mass is 188 g/mol. The molecule has 1 fully saturated rings. The predicted octanol–water partition coefficient (Wildman–Crippen LogP) is 4.29. The van der Waals surface area contributed by atoms with Crippen molar-refractivity contribution in [2.24, 2.45) is 5.92 Å². The number of aryl methyl sites for hydroxylation is 1. The molecule has 1 aliphatic carbocycles. The second-order valence-corrected chi connectivity index (χ2v) is 4.72. The first-order valence-electron chi connectivity index (χ1n) is 5.84.